The van der Waals surface area contributed by atoms with Crippen molar-refractivity contribution in [3.63, 3.8) is 0 Å². The molecule has 202 valence electrons. The molecule has 2 amide bonds. The largest absolute Gasteiger partial charge is 0.350 e. The predicted octanol–water partition coefficient (Wildman–Crippen LogP) is 4.86. The summed E-state index contributed by atoms with van der Waals surface area (Å²) in [6.45, 7) is 7.11. The van der Waals surface area contributed by atoms with Crippen molar-refractivity contribution in [1.82, 2.24) is 10.2 Å². The third-order valence-electron chi connectivity index (χ3n) is 5.87. The van der Waals surface area contributed by atoms with Crippen molar-refractivity contribution in [1.29, 1.82) is 0 Å². The minimum atomic E-state index is -4.05. The van der Waals surface area contributed by atoms with E-state index in [4.69, 9.17) is 0 Å². The number of carbonyl (C=O) groups is 2. The number of rotatable bonds is 10. The number of hydrogen-bond acceptors (Lipinski definition) is 4. The molecule has 0 aliphatic heterocycles. The Labute approximate surface area is 239 Å². The van der Waals surface area contributed by atoms with E-state index in [1.807, 2.05) is 51.1 Å². The molecule has 0 radical (unpaired) electrons. The molecule has 1 atom stereocenters. The molecule has 0 heterocycles. The Bertz CT molecular complexity index is 1330. The van der Waals surface area contributed by atoms with Gasteiger partial charge in [-0.3, -0.25) is 13.9 Å². The minimum absolute atomic E-state index is 0.0840. The molecule has 0 saturated heterocycles. The van der Waals surface area contributed by atoms with E-state index >= 15 is 0 Å². The van der Waals surface area contributed by atoms with E-state index in [1.54, 1.807) is 49.4 Å². The molecule has 3 aromatic carbocycles. The lowest BCUT2D eigenvalue weighted by atomic mass is 10.1. The van der Waals surface area contributed by atoms with Crippen LogP contribution in [-0.4, -0.2) is 49.8 Å². The summed E-state index contributed by atoms with van der Waals surface area (Å²) < 4.78 is 29.5. The van der Waals surface area contributed by atoms with Crippen molar-refractivity contribution >= 4 is 50.1 Å². The van der Waals surface area contributed by atoms with Gasteiger partial charge in [0.05, 0.1) is 10.6 Å². The highest BCUT2D eigenvalue weighted by molar-refractivity contribution is 14.1. The molecule has 1 unspecified atom stereocenters. The number of benzene rings is 3. The average Bonchev–Trinajstić information content (AvgIpc) is 2.88. The first-order chi connectivity index (χ1) is 17.9. The van der Waals surface area contributed by atoms with Crippen LogP contribution in [-0.2, 0) is 26.0 Å². The summed E-state index contributed by atoms with van der Waals surface area (Å²) in [5.74, 6) is -0.763. The topological polar surface area (TPSA) is 86.8 Å². The highest BCUT2D eigenvalue weighted by atomic mass is 127. The summed E-state index contributed by atoms with van der Waals surface area (Å²) in [4.78, 5) is 28.5. The van der Waals surface area contributed by atoms with E-state index in [2.05, 4.69) is 27.9 Å². The van der Waals surface area contributed by atoms with Gasteiger partial charge in [0.25, 0.3) is 10.0 Å². The van der Waals surface area contributed by atoms with Gasteiger partial charge in [-0.1, -0.05) is 48.5 Å². The maximum atomic E-state index is 13.8. The van der Waals surface area contributed by atoms with Gasteiger partial charge in [-0.2, -0.15) is 0 Å². The second-order valence-corrected chi connectivity index (χ2v) is 13.1. The van der Waals surface area contributed by atoms with Gasteiger partial charge in [-0.05, 0) is 98.7 Å². The summed E-state index contributed by atoms with van der Waals surface area (Å²) in [5.41, 5.74) is 0.904. The molecule has 0 fully saturated rings. The molecule has 0 aliphatic carbocycles. The number of amides is 2. The zero-order valence-electron chi connectivity index (χ0n) is 22.1. The minimum Gasteiger partial charge on any atom is -0.350 e. The Morgan fingerprint density at radius 1 is 0.895 bits per heavy atom. The number of carbonyl (C=O) groups excluding carboxylic acids is 2. The second kappa shape index (κ2) is 12.8. The van der Waals surface area contributed by atoms with Crippen LogP contribution in [0.1, 0.15) is 33.3 Å². The van der Waals surface area contributed by atoms with E-state index in [1.165, 1.54) is 17.0 Å². The van der Waals surface area contributed by atoms with Crippen LogP contribution in [0.15, 0.2) is 89.8 Å². The maximum Gasteiger partial charge on any atom is 0.264 e. The molecule has 3 rings (SSSR count). The van der Waals surface area contributed by atoms with E-state index < -0.39 is 34.1 Å². The van der Waals surface area contributed by atoms with Crippen LogP contribution < -0.4 is 9.62 Å². The van der Waals surface area contributed by atoms with Crippen molar-refractivity contribution < 1.29 is 18.0 Å². The molecule has 0 aliphatic rings. The molecule has 1 N–H and O–H groups in total. The van der Waals surface area contributed by atoms with Gasteiger partial charge in [-0.25, -0.2) is 8.42 Å². The van der Waals surface area contributed by atoms with Gasteiger partial charge in [0, 0.05) is 15.7 Å². The average molecular weight is 648 g/mol. The quantitative estimate of drug-likeness (QED) is 0.319. The summed E-state index contributed by atoms with van der Waals surface area (Å²) in [6, 6.07) is 23.9. The number of halogens is 1. The second-order valence-electron chi connectivity index (χ2n) is 10.0. The van der Waals surface area contributed by atoms with E-state index in [0.29, 0.717) is 12.1 Å². The summed E-state index contributed by atoms with van der Waals surface area (Å²) >= 11 is 2.14. The van der Waals surface area contributed by atoms with Crippen LogP contribution >= 0.6 is 22.6 Å². The Morgan fingerprint density at radius 2 is 1.45 bits per heavy atom. The standard InChI is InChI=1S/C29H34IN3O4S/c1-22(28(35)31-29(2,3)4)32(20-19-23-11-7-5-8-12-23)27(34)21-33(25-17-15-24(30)16-18-25)38(36,37)26-13-9-6-10-14-26/h5-18,22H,19-21H2,1-4H3,(H,31,35). The number of nitrogens with zero attached hydrogens (tertiary/aromatic N) is 2. The van der Waals surface area contributed by atoms with Crippen LogP contribution in [0.25, 0.3) is 0 Å². The molecule has 9 heteroatoms. The van der Waals surface area contributed by atoms with Gasteiger partial charge < -0.3 is 10.2 Å². The van der Waals surface area contributed by atoms with E-state index in [9.17, 15) is 18.0 Å². The van der Waals surface area contributed by atoms with Crippen LogP contribution in [0, 0.1) is 3.57 Å². The molecular formula is C29H34IN3O4S. The Balaban J connectivity index is 1.96. The number of anilines is 1. The van der Waals surface area contributed by atoms with Crippen molar-refractivity contribution in [3.05, 3.63) is 94.1 Å². The molecule has 0 bridgehead atoms. The number of nitrogens with one attached hydrogen (secondary N) is 1. The zero-order chi connectivity index (χ0) is 27.9. The molecule has 38 heavy (non-hydrogen) atoms. The van der Waals surface area contributed by atoms with Gasteiger partial charge in [0.2, 0.25) is 11.8 Å². The first-order valence-corrected chi connectivity index (χ1v) is 14.9. The summed E-state index contributed by atoms with van der Waals surface area (Å²) in [6.07, 6.45) is 0.523. The van der Waals surface area contributed by atoms with Gasteiger partial charge in [-0.15, -0.1) is 0 Å². The van der Waals surface area contributed by atoms with Crippen LogP contribution in [0.3, 0.4) is 0 Å². The number of hydrogen-bond donors (Lipinski definition) is 1. The Morgan fingerprint density at radius 3 is 2.00 bits per heavy atom. The SMILES string of the molecule is CC(C(=O)NC(C)(C)C)N(CCc1ccccc1)C(=O)CN(c1ccc(I)cc1)S(=O)(=O)c1ccccc1. The Hall–Kier alpha value is -2.92. The summed E-state index contributed by atoms with van der Waals surface area (Å²) in [5, 5.41) is 2.93. The van der Waals surface area contributed by atoms with Crippen LogP contribution in [0.5, 0.6) is 0 Å². The molecular weight excluding hydrogens is 613 g/mol. The highest BCUT2D eigenvalue weighted by Gasteiger charge is 2.33. The van der Waals surface area contributed by atoms with Crippen molar-refractivity contribution in [3.8, 4) is 0 Å². The number of sulfonamides is 1. The van der Waals surface area contributed by atoms with Crippen molar-refractivity contribution in [2.24, 2.45) is 0 Å². The monoisotopic (exact) mass is 647 g/mol. The Kier molecular flexibility index (Phi) is 9.94. The van der Waals surface area contributed by atoms with E-state index in [0.717, 1.165) is 13.4 Å². The molecule has 0 aromatic heterocycles. The third kappa shape index (κ3) is 8.04. The smallest absolute Gasteiger partial charge is 0.264 e. The first kappa shape index (κ1) is 29.6. The maximum absolute atomic E-state index is 13.8. The van der Waals surface area contributed by atoms with Crippen molar-refractivity contribution in [2.75, 3.05) is 17.4 Å². The molecule has 7 nitrogen and oxygen atoms in total. The molecule has 0 saturated carbocycles. The van der Waals surface area contributed by atoms with Crippen molar-refractivity contribution in [2.45, 2.75) is 50.6 Å². The zero-order valence-corrected chi connectivity index (χ0v) is 25.1. The van der Waals surface area contributed by atoms with E-state index in [-0.39, 0.29) is 17.3 Å². The molecule has 0 spiro atoms. The van der Waals surface area contributed by atoms with Gasteiger partial charge in [0.15, 0.2) is 0 Å². The fourth-order valence-electron chi connectivity index (χ4n) is 3.90. The lowest BCUT2D eigenvalue weighted by molar-refractivity contribution is -0.139. The van der Waals surface area contributed by atoms with Gasteiger partial charge >= 0.3 is 0 Å². The fraction of sp³-hybridized carbons (Fsp3) is 0.310. The lowest BCUT2D eigenvalue weighted by Gasteiger charge is -2.33. The predicted molar refractivity (Wildman–Crippen MR) is 159 cm³/mol. The van der Waals surface area contributed by atoms with Crippen LogP contribution in [0.4, 0.5) is 5.69 Å². The third-order valence-corrected chi connectivity index (χ3v) is 8.38. The highest BCUT2D eigenvalue weighted by Crippen LogP contribution is 2.25. The summed E-state index contributed by atoms with van der Waals surface area (Å²) in [7, 11) is -4.05. The normalized spacial score (nSPS) is 12.4. The van der Waals surface area contributed by atoms with Gasteiger partial charge in [0.1, 0.15) is 12.6 Å². The first-order valence-electron chi connectivity index (χ1n) is 12.4. The lowest BCUT2D eigenvalue weighted by Crippen LogP contribution is -2.55. The van der Waals surface area contributed by atoms with Crippen LogP contribution in [0.2, 0.25) is 0 Å². The fourth-order valence-corrected chi connectivity index (χ4v) is 5.69. The molecule has 3 aromatic rings.